The minimum Gasteiger partial charge on any atom is -0.842 e. The van der Waals surface area contributed by atoms with Crippen molar-refractivity contribution in [2.45, 2.75) is 13.2 Å². The average Bonchev–Trinajstić information content (AvgIpc) is 2.49. The second-order valence-electron chi connectivity index (χ2n) is 4.03. The first-order valence-corrected chi connectivity index (χ1v) is 6.17. The summed E-state index contributed by atoms with van der Waals surface area (Å²) in [6.07, 6.45) is 0. The van der Waals surface area contributed by atoms with Gasteiger partial charge in [0.25, 0.3) is 0 Å². The smallest absolute Gasteiger partial charge is 0.142 e. The van der Waals surface area contributed by atoms with E-state index < -0.39 is 6.02 Å². The molecule has 0 spiro atoms. The Hall–Kier alpha value is -2.53. The van der Waals surface area contributed by atoms with Crippen LogP contribution in [0.3, 0.4) is 0 Å². The lowest BCUT2D eigenvalue weighted by Gasteiger charge is -2.12. The molecule has 0 bridgehead atoms. The number of amidine groups is 1. The molecule has 0 atom stereocenters. The Bertz CT molecular complexity index is 529. The van der Waals surface area contributed by atoms with Crippen molar-refractivity contribution < 1.29 is 14.8 Å². The summed E-state index contributed by atoms with van der Waals surface area (Å²) in [5.41, 5.74) is 4.08. The lowest BCUT2D eigenvalue weighted by atomic mass is 10.2. The summed E-state index contributed by atoms with van der Waals surface area (Å²) >= 11 is 0. The summed E-state index contributed by atoms with van der Waals surface area (Å²) in [5, 5.41) is 14.7. The number of hydrogen-bond donors (Lipinski definition) is 1. The molecule has 0 aliphatic heterocycles. The Kier molecular flexibility index (Phi) is 5.42. The van der Waals surface area contributed by atoms with Crippen molar-refractivity contribution in [3.63, 3.8) is 0 Å². The zero-order valence-corrected chi connectivity index (χ0v) is 10.9. The molecular weight excluding hydrogens is 256 g/mol. The largest absolute Gasteiger partial charge is 0.842 e. The van der Waals surface area contributed by atoms with Gasteiger partial charge in [0.1, 0.15) is 12.6 Å². The number of nitrogens with zero attached hydrogens (tertiary/aromatic N) is 1. The number of oxime groups is 1. The van der Waals surface area contributed by atoms with Crippen LogP contribution in [0.2, 0.25) is 0 Å². The normalized spacial score (nSPS) is 11.1. The van der Waals surface area contributed by atoms with Crippen molar-refractivity contribution in [1.29, 1.82) is 0 Å². The van der Waals surface area contributed by atoms with Gasteiger partial charge in [-0.25, -0.2) is 0 Å². The second-order valence-corrected chi connectivity index (χ2v) is 4.03. The molecule has 20 heavy (non-hydrogen) atoms. The molecule has 0 aromatic heterocycles. The Morgan fingerprint density at radius 3 is 2.05 bits per heavy atom. The lowest BCUT2D eigenvalue weighted by molar-refractivity contribution is -0.240. The summed E-state index contributed by atoms with van der Waals surface area (Å²) in [7, 11) is 0. The van der Waals surface area contributed by atoms with E-state index in [1.54, 1.807) is 0 Å². The van der Waals surface area contributed by atoms with E-state index >= 15 is 0 Å². The van der Waals surface area contributed by atoms with E-state index in [0.717, 1.165) is 11.1 Å². The van der Waals surface area contributed by atoms with Gasteiger partial charge in [-0.1, -0.05) is 65.8 Å². The monoisotopic (exact) mass is 271 g/mol. The maximum absolute atomic E-state index is 11.3. The third kappa shape index (κ3) is 4.99. The number of nitrogens with one attached hydrogen (secondary N) is 1. The van der Waals surface area contributed by atoms with Gasteiger partial charge in [0, 0.05) is 0 Å². The molecular formula is C15H15N2O3-. The van der Waals surface area contributed by atoms with Crippen molar-refractivity contribution in [2.75, 3.05) is 0 Å². The SMILES string of the molecule is [O-]/C(=N/OCc1ccccc1)NOCc1ccccc1. The number of hydroxylamine groups is 1. The Morgan fingerprint density at radius 2 is 1.45 bits per heavy atom. The molecule has 0 radical (unpaired) electrons. The maximum atomic E-state index is 11.3. The summed E-state index contributed by atoms with van der Waals surface area (Å²) in [5.74, 6) is 0. The van der Waals surface area contributed by atoms with Crippen molar-refractivity contribution in [1.82, 2.24) is 5.48 Å². The average molecular weight is 271 g/mol. The molecule has 0 aliphatic rings. The standard InChI is InChI=1S/C15H16N2O3/c18-15(16-19-11-13-7-3-1-4-8-13)17-20-12-14-9-5-2-6-10-14/h1-10H,11-12H2,(H2,16,17,18)/p-1. The van der Waals surface area contributed by atoms with Crippen LogP contribution in [0.4, 0.5) is 0 Å². The van der Waals surface area contributed by atoms with Crippen LogP contribution in [0.5, 0.6) is 0 Å². The zero-order chi connectivity index (χ0) is 14.0. The molecule has 0 aliphatic carbocycles. The van der Waals surface area contributed by atoms with E-state index in [-0.39, 0.29) is 13.2 Å². The Labute approximate surface area is 117 Å². The lowest BCUT2D eigenvalue weighted by Crippen LogP contribution is -2.35. The first-order valence-electron chi connectivity index (χ1n) is 6.17. The highest BCUT2D eigenvalue weighted by molar-refractivity contribution is 5.66. The van der Waals surface area contributed by atoms with E-state index in [1.165, 1.54) is 0 Å². The second kappa shape index (κ2) is 7.81. The summed E-state index contributed by atoms with van der Waals surface area (Å²) in [4.78, 5) is 9.93. The van der Waals surface area contributed by atoms with Crippen LogP contribution < -0.4 is 10.6 Å². The molecule has 0 saturated heterocycles. The molecule has 5 nitrogen and oxygen atoms in total. The van der Waals surface area contributed by atoms with Gasteiger partial charge in [-0.2, -0.15) is 0 Å². The molecule has 2 aromatic carbocycles. The molecule has 0 saturated carbocycles. The molecule has 0 fully saturated rings. The van der Waals surface area contributed by atoms with Gasteiger partial charge in [0.15, 0.2) is 0 Å². The number of benzene rings is 2. The van der Waals surface area contributed by atoms with Crippen LogP contribution in [-0.2, 0) is 22.9 Å². The summed E-state index contributed by atoms with van der Waals surface area (Å²) < 4.78 is 0. The highest BCUT2D eigenvalue weighted by Crippen LogP contribution is 2.00. The zero-order valence-electron chi connectivity index (χ0n) is 10.9. The highest BCUT2D eigenvalue weighted by Gasteiger charge is 1.92. The molecule has 2 aromatic rings. The minimum atomic E-state index is -0.670. The van der Waals surface area contributed by atoms with E-state index in [9.17, 15) is 5.11 Å². The fourth-order valence-corrected chi connectivity index (χ4v) is 1.51. The van der Waals surface area contributed by atoms with E-state index in [1.807, 2.05) is 60.7 Å². The van der Waals surface area contributed by atoms with Crippen molar-refractivity contribution in [2.24, 2.45) is 5.16 Å². The minimum absolute atomic E-state index is 0.243. The van der Waals surface area contributed by atoms with Gasteiger partial charge < -0.3 is 9.94 Å². The first-order chi connectivity index (χ1) is 9.84. The molecule has 1 N–H and O–H groups in total. The molecule has 0 heterocycles. The van der Waals surface area contributed by atoms with Gasteiger partial charge in [-0.15, -0.1) is 0 Å². The van der Waals surface area contributed by atoms with Crippen molar-refractivity contribution >= 4 is 6.02 Å². The molecule has 5 heteroatoms. The maximum Gasteiger partial charge on any atom is 0.142 e. The predicted octanol–water partition coefficient (Wildman–Crippen LogP) is 1.56. The molecule has 104 valence electrons. The summed E-state index contributed by atoms with van der Waals surface area (Å²) in [6.45, 7) is 0.522. The summed E-state index contributed by atoms with van der Waals surface area (Å²) in [6, 6.07) is 18.3. The third-order valence-electron chi connectivity index (χ3n) is 2.46. The number of rotatable bonds is 6. The molecule has 0 unspecified atom stereocenters. The van der Waals surface area contributed by atoms with Crippen molar-refractivity contribution in [3.8, 4) is 0 Å². The fourth-order valence-electron chi connectivity index (χ4n) is 1.51. The van der Waals surface area contributed by atoms with Crippen LogP contribution in [0, 0.1) is 0 Å². The van der Waals surface area contributed by atoms with Gasteiger partial charge >= 0.3 is 0 Å². The highest BCUT2D eigenvalue weighted by atomic mass is 16.7. The van der Waals surface area contributed by atoms with Crippen LogP contribution in [0.25, 0.3) is 0 Å². The topological polar surface area (TPSA) is 65.9 Å². The first kappa shape index (κ1) is 13.9. The molecule has 0 amide bonds. The van der Waals surface area contributed by atoms with E-state index in [4.69, 9.17) is 9.68 Å². The van der Waals surface area contributed by atoms with Crippen molar-refractivity contribution in [3.05, 3.63) is 71.8 Å². The van der Waals surface area contributed by atoms with Crippen LogP contribution >= 0.6 is 0 Å². The predicted molar refractivity (Wildman–Crippen MR) is 73.0 cm³/mol. The Balaban J connectivity index is 1.67. The van der Waals surface area contributed by atoms with Gasteiger partial charge in [0.05, 0.1) is 6.61 Å². The van der Waals surface area contributed by atoms with Crippen LogP contribution in [0.15, 0.2) is 65.8 Å². The molecule has 2 rings (SSSR count). The van der Waals surface area contributed by atoms with E-state index in [0.29, 0.717) is 0 Å². The quantitative estimate of drug-likeness (QED) is 0.492. The van der Waals surface area contributed by atoms with Crippen LogP contribution in [0.1, 0.15) is 11.1 Å². The Morgan fingerprint density at radius 1 is 0.900 bits per heavy atom. The fraction of sp³-hybridized carbons (Fsp3) is 0.133. The van der Waals surface area contributed by atoms with Crippen LogP contribution in [-0.4, -0.2) is 6.02 Å². The van der Waals surface area contributed by atoms with Gasteiger partial charge in [0.2, 0.25) is 0 Å². The van der Waals surface area contributed by atoms with E-state index in [2.05, 4.69) is 10.6 Å². The van der Waals surface area contributed by atoms with Gasteiger partial charge in [-0.05, 0) is 11.1 Å². The number of hydrogen-bond acceptors (Lipinski definition) is 4. The van der Waals surface area contributed by atoms with Gasteiger partial charge in [-0.3, -0.25) is 10.3 Å². The third-order valence-corrected chi connectivity index (χ3v) is 2.46.